The molecule has 0 bridgehead atoms. The first-order valence-corrected chi connectivity index (χ1v) is 12.1. The molecule has 9 heteroatoms. The van der Waals surface area contributed by atoms with Crippen LogP contribution < -0.4 is 9.04 Å². The first kappa shape index (κ1) is 24.0. The van der Waals surface area contributed by atoms with Crippen LogP contribution in [-0.4, -0.2) is 40.9 Å². The molecule has 8 nitrogen and oxygen atoms in total. The van der Waals surface area contributed by atoms with E-state index < -0.39 is 28.4 Å². The van der Waals surface area contributed by atoms with E-state index in [1.807, 2.05) is 12.1 Å². The van der Waals surface area contributed by atoms with Gasteiger partial charge in [-0.15, -0.1) is 0 Å². The van der Waals surface area contributed by atoms with Crippen LogP contribution in [0.4, 0.5) is 5.69 Å². The van der Waals surface area contributed by atoms with Crippen LogP contribution in [0.25, 0.3) is 11.0 Å². The number of Topliss-reactive ketones (excluding diaryl/α,β-unsaturated/α-hetero) is 1. The Balaban J connectivity index is 1.45. The number of para-hydroxylation sites is 3. The largest absolute Gasteiger partial charge is 0.495 e. The van der Waals surface area contributed by atoms with Crippen molar-refractivity contribution in [1.29, 1.82) is 0 Å². The van der Waals surface area contributed by atoms with Crippen molar-refractivity contribution in [2.75, 3.05) is 25.1 Å². The van der Waals surface area contributed by atoms with Gasteiger partial charge < -0.3 is 13.9 Å². The number of sulfonamides is 1. The Morgan fingerprint density at radius 1 is 0.943 bits per heavy atom. The van der Waals surface area contributed by atoms with Crippen molar-refractivity contribution in [2.24, 2.45) is 0 Å². The third-order valence-corrected chi connectivity index (χ3v) is 7.39. The molecule has 0 spiro atoms. The molecule has 180 valence electrons. The van der Waals surface area contributed by atoms with Gasteiger partial charge in [0.2, 0.25) is 5.78 Å². The normalized spacial score (nSPS) is 11.3. The second-order valence-corrected chi connectivity index (χ2v) is 9.69. The van der Waals surface area contributed by atoms with E-state index in [0.29, 0.717) is 22.6 Å². The molecule has 1 heterocycles. The number of methoxy groups -OCH3 is 1. The number of ketones is 1. The number of anilines is 1. The van der Waals surface area contributed by atoms with Gasteiger partial charge >= 0.3 is 5.97 Å². The standard InChI is InChI=1S/C26H23NO7S/c1-17-20-8-4-6-10-23(20)34-25(17)22(28)16-33-26(29)18-12-14-19(15-13-18)35(30,31)27(2)21-9-5-7-11-24(21)32-3/h4-15H,16H2,1-3H3. The summed E-state index contributed by atoms with van der Waals surface area (Å²) in [5.74, 6) is -0.679. The van der Waals surface area contributed by atoms with E-state index in [0.717, 1.165) is 9.69 Å². The minimum absolute atomic E-state index is 0.0172. The van der Waals surface area contributed by atoms with E-state index in [1.54, 1.807) is 43.3 Å². The van der Waals surface area contributed by atoms with Crippen LogP contribution in [0.3, 0.4) is 0 Å². The van der Waals surface area contributed by atoms with Crippen LogP contribution in [0.2, 0.25) is 0 Å². The monoisotopic (exact) mass is 493 g/mol. The number of rotatable bonds is 8. The summed E-state index contributed by atoms with van der Waals surface area (Å²) in [4.78, 5) is 25.0. The predicted molar refractivity (Wildman–Crippen MR) is 131 cm³/mol. The van der Waals surface area contributed by atoms with Crippen molar-refractivity contribution in [3.05, 3.63) is 89.7 Å². The van der Waals surface area contributed by atoms with Gasteiger partial charge in [0.05, 0.1) is 23.3 Å². The Morgan fingerprint density at radius 3 is 2.29 bits per heavy atom. The summed E-state index contributed by atoms with van der Waals surface area (Å²) in [6.45, 7) is 1.26. The van der Waals surface area contributed by atoms with Crippen LogP contribution in [0.1, 0.15) is 26.5 Å². The van der Waals surface area contributed by atoms with Gasteiger partial charge in [-0.2, -0.15) is 0 Å². The highest BCUT2D eigenvalue weighted by Crippen LogP contribution is 2.31. The quantitative estimate of drug-likeness (QED) is 0.261. The van der Waals surface area contributed by atoms with Gasteiger partial charge in [-0.3, -0.25) is 9.10 Å². The maximum Gasteiger partial charge on any atom is 0.338 e. The van der Waals surface area contributed by atoms with Gasteiger partial charge in [0, 0.05) is 18.0 Å². The Bertz CT molecular complexity index is 1500. The minimum atomic E-state index is -3.91. The number of esters is 1. The fraction of sp³-hybridized carbons (Fsp3) is 0.154. The number of benzene rings is 3. The lowest BCUT2D eigenvalue weighted by Gasteiger charge is -2.21. The third-order valence-electron chi connectivity index (χ3n) is 5.60. The van der Waals surface area contributed by atoms with Gasteiger partial charge in [0.15, 0.2) is 12.4 Å². The molecule has 0 unspecified atom stereocenters. The van der Waals surface area contributed by atoms with E-state index in [-0.39, 0.29) is 16.2 Å². The third kappa shape index (κ3) is 4.63. The molecule has 0 fully saturated rings. The van der Waals surface area contributed by atoms with Crippen LogP contribution in [0.5, 0.6) is 5.75 Å². The Labute approximate surface area is 202 Å². The van der Waals surface area contributed by atoms with Crippen molar-refractivity contribution in [2.45, 2.75) is 11.8 Å². The maximum atomic E-state index is 13.1. The molecule has 0 saturated carbocycles. The molecule has 4 aromatic rings. The molecule has 0 atom stereocenters. The average molecular weight is 494 g/mol. The molecule has 35 heavy (non-hydrogen) atoms. The number of furan rings is 1. The summed E-state index contributed by atoms with van der Waals surface area (Å²) in [6, 6.07) is 19.3. The zero-order valence-electron chi connectivity index (χ0n) is 19.3. The lowest BCUT2D eigenvalue weighted by molar-refractivity contribution is 0.0468. The number of fused-ring (bicyclic) bond motifs is 1. The summed E-state index contributed by atoms with van der Waals surface area (Å²) in [5, 5.41) is 0.817. The molecule has 0 aliphatic rings. The highest BCUT2D eigenvalue weighted by Gasteiger charge is 2.24. The van der Waals surface area contributed by atoms with Crippen molar-refractivity contribution >= 4 is 38.4 Å². The fourth-order valence-electron chi connectivity index (χ4n) is 3.66. The molecule has 0 aliphatic heterocycles. The topological polar surface area (TPSA) is 103 Å². The highest BCUT2D eigenvalue weighted by molar-refractivity contribution is 7.92. The number of aryl methyl sites for hydroxylation is 1. The summed E-state index contributed by atoms with van der Waals surface area (Å²) in [5.41, 5.74) is 1.74. The van der Waals surface area contributed by atoms with Gasteiger partial charge in [-0.05, 0) is 49.4 Å². The molecule has 4 rings (SSSR count). The van der Waals surface area contributed by atoms with Gasteiger partial charge in [0.25, 0.3) is 10.0 Å². The van der Waals surface area contributed by atoms with Crippen molar-refractivity contribution in [3.8, 4) is 5.75 Å². The van der Waals surface area contributed by atoms with Crippen LogP contribution >= 0.6 is 0 Å². The number of hydrogen-bond acceptors (Lipinski definition) is 7. The average Bonchev–Trinajstić information content (AvgIpc) is 3.23. The molecule has 3 aromatic carbocycles. The Morgan fingerprint density at radius 2 is 1.60 bits per heavy atom. The minimum Gasteiger partial charge on any atom is -0.495 e. The summed E-state index contributed by atoms with van der Waals surface area (Å²) >= 11 is 0. The lowest BCUT2D eigenvalue weighted by atomic mass is 10.1. The molecule has 0 aliphatic carbocycles. The first-order chi connectivity index (χ1) is 16.7. The molecule has 0 radical (unpaired) electrons. The summed E-state index contributed by atoms with van der Waals surface area (Å²) in [6.07, 6.45) is 0. The Hall–Kier alpha value is -4.11. The van der Waals surface area contributed by atoms with Gasteiger partial charge in [-0.1, -0.05) is 30.3 Å². The van der Waals surface area contributed by atoms with Crippen LogP contribution in [0.15, 0.2) is 82.1 Å². The number of carbonyl (C=O) groups is 2. The zero-order chi connectivity index (χ0) is 25.2. The van der Waals surface area contributed by atoms with E-state index in [2.05, 4.69) is 0 Å². The molecule has 0 amide bonds. The van der Waals surface area contributed by atoms with E-state index >= 15 is 0 Å². The number of carbonyl (C=O) groups excluding carboxylic acids is 2. The Kier molecular flexibility index (Phi) is 6.61. The lowest BCUT2D eigenvalue weighted by Crippen LogP contribution is -2.27. The summed E-state index contributed by atoms with van der Waals surface area (Å²) < 4.78 is 43.2. The van der Waals surface area contributed by atoms with Crippen molar-refractivity contribution in [3.63, 3.8) is 0 Å². The second kappa shape index (κ2) is 9.63. The zero-order valence-corrected chi connectivity index (χ0v) is 20.2. The summed E-state index contributed by atoms with van der Waals surface area (Å²) in [7, 11) is -1.04. The highest BCUT2D eigenvalue weighted by atomic mass is 32.2. The number of nitrogens with zero attached hydrogens (tertiary/aromatic N) is 1. The molecule has 0 N–H and O–H groups in total. The van der Waals surface area contributed by atoms with Gasteiger partial charge in [0.1, 0.15) is 11.3 Å². The van der Waals surface area contributed by atoms with Crippen molar-refractivity contribution < 1.29 is 31.9 Å². The predicted octanol–water partition coefficient (Wildman–Crippen LogP) is 4.61. The molecular formula is C26H23NO7S. The van der Waals surface area contributed by atoms with Crippen molar-refractivity contribution in [1.82, 2.24) is 0 Å². The first-order valence-electron chi connectivity index (χ1n) is 10.6. The number of hydrogen-bond donors (Lipinski definition) is 0. The molecular weight excluding hydrogens is 470 g/mol. The fourth-order valence-corrected chi connectivity index (χ4v) is 4.87. The van der Waals surface area contributed by atoms with E-state index in [1.165, 1.54) is 38.4 Å². The van der Waals surface area contributed by atoms with Crippen LogP contribution in [0, 0.1) is 6.92 Å². The smallest absolute Gasteiger partial charge is 0.338 e. The van der Waals surface area contributed by atoms with E-state index in [4.69, 9.17) is 13.9 Å². The van der Waals surface area contributed by atoms with E-state index in [9.17, 15) is 18.0 Å². The van der Waals surface area contributed by atoms with Gasteiger partial charge in [-0.25, -0.2) is 13.2 Å². The molecule has 1 aromatic heterocycles. The van der Waals surface area contributed by atoms with Crippen LogP contribution in [-0.2, 0) is 14.8 Å². The number of ether oxygens (including phenoxy) is 2. The second-order valence-electron chi connectivity index (χ2n) is 7.72. The molecule has 0 saturated heterocycles. The SMILES string of the molecule is COc1ccccc1N(C)S(=O)(=O)c1ccc(C(=O)OCC(=O)c2oc3ccccc3c2C)cc1. The maximum absolute atomic E-state index is 13.1.